The van der Waals surface area contributed by atoms with Crippen LogP contribution in [-0.2, 0) is 56.0 Å². The molecule has 2 aromatic rings. The summed E-state index contributed by atoms with van der Waals surface area (Å²) in [5, 5.41) is 11.0. The molecule has 9 atom stereocenters. The molecule has 10 heteroatoms. The molecule has 2 aliphatic carbocycles. The molecule has 2 saturated heterocycles. The monoisotopic (exact) mass is 577 g/mol. The summed E-state index contributed by atoms with van der Waals surface area (Å²) in [5.74, 6) is -2.93. The summed E-state index contributed by atoms with van der Waals surface area (Å²) in [5.41, 5.74) is -0.832. The van der Waals surface area contributed by atoms with Gasteiger partial charge in [0.1, 0.15) is 29.8 Å². The first-order valence-electron chi connectivity index (χ1n) is 14.2. The Bertz CT molecular complexity index is 1360. The number of epoxide rings is 1. The molecule has 0 unspecified atom stereocenters. The van der Waals surface area contributed by atoms with Gasteiger partial charge in [0, 0.05) is 13.8 Å². The van der Waals surface area contributed by atoms with Crippen molar-refractivity contribution >= 4 is 11.9 Å². The maximum atomic E-state index is 12.6. The lowest BCUT2D eigenvalue weighted by Gasteiger charge is -2.47. The highest BCUT2D eigenvalue weighted by atomic mass is 16.8. The molecule has 0 N–H and O–H groups in total. The third kappa shape index (κ3) is 4.79. The van der Waals surface area contributed by atoms with Crippen LogP contribution in [0.5, 0.6) is 0 Å². The topological polar surface area (TPSA) is 126 Å². The van der Waals surface area contributed by atoms with E-state index in [9.17, 15) is 14.9 Å². The summed E-state index contributed by atoms with van der Waals surface area (Å²) in [4.78, 5) is 25.1. The SMILES string of the molecule is CC(=O)O[C@@H]1[C@@H]2[C@H]3OC(C)(C)O[C@H]3[C@@H](OCc3ccccc3)[C@]2(C#N)[C@H](OC(C)=O)[C@H]2O[C@@]12COCc1ccccc1. The standard InChI is InChI=1S/C32H35NO9/c1-19(34)38-26-23-24-25(41-30(3,4)40-24)27(37-16-22-13-9-6-10-14-22)31(23,17-33)28(39-20(2)35)29-32(26,42-29)18-36-15-21-11-7-5-8-12-21/h5-14,23-29H,15-16,18H2,1-4H3/t23-,24+,25+,26+,27+,28+,29+,31+,32-/m0/s1. The van der Waals surface area contributed by atoms with E-state index in [2.05, 4.69) is 6.07 Å². The van der Waals surface area contributed by atoms with E-state index < -0.39 is 71.3 Å². The van der Waals surface area contributed by atoms with Gasteiger partial charge in [-0.15, -0.1) is 0 Å². The van der Waals surface area contributed by atoms with Crippen LogP contribution >= 0.6 is 0 Å². The van der Waals surface area contributed by atoms with Crippen LogP contribution in [0, 0.1) is 22.7 Å². The van der Waals surface area contributed by atoms with Crippen molar-refractivity contribution in [1.29, 1.82) is 5.26 Å². The number of carbonyl (C=O) groups is 2. The van der Waals surface area contributed by atoms with Crippen LogP contribution in [0.3, 0.4) is 0 Å². The van der Waals surface area contributed by atoms with Crippen LogP contribution in [0.25, 0.3) is 0 Å². The normalized spacial score (nSPS) is 37.1. The smallest absolute Gasteiger partial charge is 0.303 e. The predicted molar refractivity (Wildman–Crippen MR) is 145 cm³/mol. The number of nitriles is 1. The van der Waals surface area contributed by atoms with Crippen molar-refractivity contribution in [2.45, 2.75) is 88.9 Å². The van der Waals surface area contributed by atoms with Crippen LogP contribution in [0.1, 0.15) is 38.8 Å². The molecule has 0 amide bonds. The lowest BCUT2D eigenvalue weighted by atomic mass is 9.61. The van der Waals surface area contributed by atoms with Crippen molar-refractivity contribution < 1.29 is 42.7 Å². The number of fused-ring (bicyclic) bond motifs is 4. The first-order chi connectivity index (χ1) is 20.1. The van der Waals surface area contributed by atoms with Crippen molar-refractivity contribution in [1.82, 2.24) is 0 Å². The van der Waals surface area contributed by atoms with Gasteiger partial charge in [0.2, 0.25) is 0 Å². The second kappa shape index (κ2) is 10.7. The number of carbonyl (C=O) groups excluding carboxylic acids is 2. The van der Waals surface area contributed by atoms with Gasteiger partial charge in [0.25, 0.3) is 0 Å². The van der Waals surface area contributed by atoms with E-state index in [4.69, 9.17) is 33.2 Å². The Balaban J connectivity index is 1.41. The van der Waals surface area contributed by atoms with Gasteiger partial charge in [0.15, 0.2) is 17.5 Å². The van der Waals surface area contributed by atoms with Crippen LogP contribution in [0.2, 0.25) is 0 Å². The molecule has 2 heterocycles. The average molecular weight is 578 g/mol. The van der Waals surface area contributed by atoms with Gasteiger partial charge < -0.3 is 33.2 Å². The van der Waals surface area contributed by atoms with Gasteiger partial charge in [-0.2, -0.15) is 5.26 Å². The predicted octanol–water partition coefficient (Wildman–Crippen LogP) is 3.46. The van der Waals surface area contributed by atoms with Gasteiger partial charge in [-0.3, -0.25) is 9.59 Å². The minimum absolute atomic E-state index is 0.0391. The molecule has 10 nitrogen and oxygen atoms in total. The highest BCUT2D eigenvalue weighted by molar-refractivity contribution is 5.68. The highest BCUT2D eigenvalue weighted by Gasteiger charge is 2.86. The number of benzene rings is 2. The molecular formula is C32H35NO9. The molecule has 4 fully saturated rings. The molecular weight excluding hydrogens is 542 g/mol. The van der Waals surface area contributed by atoms with Crippen LogP contribution < -0.4 is 0 Å². The Morgan fingerprint density at radius 2 is 1.38 bits per heavy atom. The maximum absolute atomic E-state index is 12.6. The zero-order valence-corrected chi connectivity index (χ0v) is 24.1. The largest absolute Gasteiger partial charge is 0.459 e. The van der Waals surface area contributed by atoms with E-state index >= 15 is 0 Å². The fourth-order valence-corrected chi connectivity index (χ4v) is 7.13. The maximum Gasteiger partial charge on any atom is 0.303 e. The number of hydrogen-bond donors (Lipinski definition) is 0. The summed E-state index contributed by atoms with van der Waals surface area (Å²) in [6.07, 6.45) is -5.12. The Morgan fingerprint density at radius 1 is 0.810 bits per heavy atom. The lowest BCUT2D eigenvalue weighted by molar-refractivity contribution is -0.227. The highest BCUT2D eigenvalue weighted by Crippen LogP contribution is 2.67. The molecule has 6 rings (SSSR count). The number of nitrogens with zero attached hydrogens (tertiary/aromatic N) is 1. The molecule has 2 saturated carbocycles. The Morgan fingerprint density at radius 3 is 1.98 bits per heavy atom. The van der Waals surface area contributed by atoms with E-state index in [-0.39, 0.29) is 13.2 Å². The first kappa shape index (κ1) is 28.8. The third-order valence-corrected chi connectivity index (χ3v) is 8.65. The summed E-state index contributed by atoms with van der Waals surface area (Å²) in [6.45, 7) is 6.69. The minimum atomic E-state index is -1.52. The number of rotatable bonds is 9. The molecule has 222 valence electrons. The van der Waals surface area contributed by atoms with Crippen LogP contribution in [0.15, 0.2) is 60.7 Å². The third-order valence-electron chi connectivity index (χ3n) is 8.65. The Kier molecular flexibility index (Phi) is 7.36. The van der Waals surface area contributed by atoms with Crippen molar-refractivity contribution in [2.24, 2.45) is 11.3 Å². The second-order valence-electron chi connectivity index (χ2n) is 11.9. The number of hydrogen-bond acceptors (Lipinski definition) is 10. The first-order valence-corrected chi connectivity index (χ1v) is 14.2. The van der Waals surface area contributed by atoms with Crippen LogP contribution in [0.4, 0.5) is 0 Å². The molecule has 0 spiro atoms. The van der Waals surface area contributed by atoms with Gasteiger partial charge in [-0.05, 0) is 25.0 Å². The molecule has 2 aromatic carbocycles. The molecule has 0 bridgehead atoms. The van der Waals surface area contributed by atoms with Gasteiger partial charge in [-0.25, -0.2) is 0 Å². The lowest BCUT2D eigenvalue weighted by Crippen LogP contribution is -2.65. The average Bonchev–Trinajstić information content (AvgIpc) is 3.52. The minimum Gasteiger partial charge on any atom is -0.459 e. The van der Waals surface area contributed by atoms with Gasteiger partial charge in [-0.1, -0.05) is 60.7 Å². The molecule has 0 aromatic heterocycles. The molecule has 2 aliphatic heterocycles. The molecule has 0 radical (unpaired) electrons. The summed E-state index contributed by atoms with van der Waals surface area (Å²) in [7, 11) is 0. The van der Waals surface area contributed by atoms with E-state index in [1.54, 1.807) is 13.8 Å². The van der Waals surface area contributed by atoms with E-state index in [1.165, 1.54) is 13.8 Å². The Hall–Kier alpha value is -3.33. The zero-order valence-electron chi connectivity index (χ0n) is 24.1. The Labute approximate surface area is 244 Å². The summed E-state index contributed by atoms with van der Waals surface area (Å²) in [6, 6.07) is 21.7. The van der Waals surface area contributed by atoms with E-state index in [0.29, 0.717) is 6.61 Å². The van der Waals surface area contributed by atoms with Crippen LogP contribution in [-0.4, -0.2) is 66.6 Å². The quantitative estimate of drug-likeness (QED) is 0.323. The number of esters is 2. The van der Waals surface area contributed by atoms with E-state index in [0.717, 1.165) is 11.1 Å². The fourth-order valence-electron chi connectivity index (χ4n) is 7.13. The second-order valence-corrected chi connectivity index (χ2v) is 11.9. The molecule has 4 aliphatic rings. The van der Waals surface area contributed by atoms with Crippen molar-refractivity contribution in [3.63, 3.8) is 0 Å². The van der Waals surface area contributed by atoms with E-state index in [1.807, 2.05) is 60.7 Å². The zero-order chi connectivity index (χ0) is 29.7. The molecule has 42 heavy (non-hydrogen) atoms. The summed E-state index contributed by atoms with van der Waals surface area (Å²) < 4.78 is 43.7. The van der Waals surface area contributed by atoms with Crippen molar-refractivity contribution in [3.05, 3.63) is 71.8 Å². The van der Waals surface area contributed by atoms with Crippen molar-refractivity contribution in [3.8, 4) is 6.07 Å². The number of ether oxygens (including phenoxy) is 7. The van der Waals surface area contributed by atoms with Gasteiger partial charge in [0.05, 0.1) is 37.9 Å². The fraction of sp³-hybridized carbons (Fsp3) is 0.531. The summed E-state index contributed by atoms with van der Waals surface area (Å²) >= 11 is 0. The van der Waals surface area contributed by atoms with Gasteiger partial charge >= 0.3 is 11.9 Å². The van der Waals surface area contributed by atoms with Crippen molar-refractivity contribution in [2.75, 3.05) is 6.61 Å².